The first-order valence-corrected chi connectivity index (χ1v) is 10.9. The molecule has 2 aromatic carbocycles. The molecule has 0 fully saturated rings. The summed E-state index contributed by atoms with van der Waals surface area (Å²) >= 11 is 0. The monoisotopic (exact) mass is 382 g/mol. The van der Waals surface area contributed by atoms with Gasteiger partial charge in [0.2, 0.25) is 0 Å². The van der Waals surface area contributed by atoms with Gasteiger partial charge in [-0.3, -0.25) is 0 Å². The number of nitrogens with zero attached hydrogens (tertiary/aromatic N) is 2. The highest BCUT2D eigenvalue weighted by Crippen LogP contribution is 2.37. The number of aromatic nitrogens is 2. The van der Waals surface area contributed by atoms with E-state index in [4.69, 9.17) is 11.9 Å². The minimum Gasteiger partial charge on any atom is -0.401 e. The Kier molecular flexibility index (Phi) is 5.15. The van der Waals surface area contributed by atoms with Gasteiger partial charge in [0.05, 0.1) is 21.3 Å². The highest BCUT2D eigenvalue weighted by atomic mass is 28.4. The van der Waals surface area contributed by atoms with Crippen LogP contribution in [0.15, 0.2) is 73.2 Å². The van der Waals surface area contributed by atoms with Gasteiger partial charge < -0.3 is 13.7 Å². The molecule has 0 saturated carbocycles. The first kappa shape index (κ1) is 16.9. The summed E-state index contributed by atoms with van der Waals surface area (Å²) in [6, 6.07) is 20.1. The van der Waals surface area contributed by atoms with Crippen LogP contribution in [-0.2, 0) is 22.5 Å². The zero-order valence-electron chi connectivity index (χ0n) is 18.3. The Balaban J connectivity index is 2.17. The van der Waals surface area contributed by atoms with Crippen molar-refractivity contribution in [2.75, 3.05) is 7.11 Å². The van der Waals surface area contributed by atoms with Crippen molar-refractivity contribution < 1.29 is 11.9 Å². The Labute approximate surface area is 165 Å². The van der Waals surface area contributed by atoms with E-state index in [-0.39, 0.29) is 10.7 Å². The Morgan fingerprint density at radius 1 is 1.00 bits per heavy atom. The quantitative estimate of drug-likeness (QED) is 0.586. The Hall–Kier alpha value is -2.21. The van der Waals surface area contributed by atoms with Crippen LogP contribution >= 0.6 is 0 Å². The second-order valence-corrected chi connectivity index (χ2v) is 11.8. The zero-order valence-corrected chi connectivity index (χ0v) is 17.3. The molecule has 3 aromatic rings. The van der Waals surface area contributed by atoms with Crippen LogP contribution in [0.1, 0.15) is 29.2 Å². The van der Waals surface area contributed by atoms with Gasteiger partial charge in [0.1, 0.15) is 6.73 Å². The molecule has 0 amide bonds. The number of rotatable bonds is 7. The molecule has 0 aliphatic heterocycles. The second kappa shape index (κ2) is 8.21. The molecule has 1 heterocycles. The number of ether oxygens (including phenoxy) is 1. The first-order chi connectivity index (χ1) is 13.7. The van der Waals surface area contributed by atoms with Crippen LogP contribution in [0.3, 0.4) is 0 Å². The Morgan fingerprint density at radius 3 is 2.04 bits per heavy atom. The fourth-order valence-corrected chi connectivity index (χ4v) is 7.60. The van der Waals surface area contributed by atoms with Crippen LogP contribution in [-0.4, -0.2) is 25.0 Å². The van der Waals surface area contributed by atoms with Crippen molar-refractivity contribution in [3.05, 3.63) is 78.9 Å². The predicted molar refractivity (Wildman–Crippen MR) is 112 cm³/mol. The molecule has 4 nitrogen and oxygen atoms in total. The third-order valence-corrected chi connectivity index (χ3v) is 9.45. The average molecular weight is 383 g/mol. The largest absolute Gasteiger partial charge is 0.401 e. The number of benzene rings is 2. The summed E-state index contributed by atoms with van der Waals surface area (Å²) in [6.07, 6.45) is 3.20. The molecular formula is C22H28N2O2Si. The van der Waals surface area contributed by atoms with Crippen LogP contribution in [0, 0.1) is 0 Å². The summed E-state index contributed by atoms with van der Waals surface area (Å²) in [5.41, 5.74) is 0.238. The van der Waals surface area contributed by atoms with Crippen LogP contribution in [0.5, 0.6) is 0 Å². The van der Waals surface area contributed by atoms with Crippen molar-refractivity contribution in [1.82, 2.24) is 9.55 Å². The lowest BCUT2D eigenvalue weighted by atomic mass is 10.2. The topological polar surface area (TPSA) is 36.3 Å². The number of imidazole rings is 1. The van der Waals surface area contributed by atoms with E-state index in [1.807, 2.05) is 60.7 Å². The molecule has 142 valence electrons. The van der Waals surface area contributed by atoms with E-state index < -0.39 is 14.9 Å². The molecule has 0 spiro atoms. The lowest BCUT2D eigenvalue weighted by Crippen LogP contribution is -2.66. The molecule has 0 atom stereocenters. The van der Waals surface area contributed by atoms with Gasteiger partial charge in [0.25, 0.3) is 8.32 Å². The summed E-state index contributed by atoms with van der Waals surface area (Å²) in [7, 11) is -1.44. The number of hydrogen-bond donors (Lipinski definition) is 0. The molecule has 0 aliphatic carbocycles. The van der Waals surface area contributed by atoms with Gasteiger partial charge in [0.15, 0.2) is 0 Å². The molecule has 0 bridgehead atoms. The van der Waals surface area contributed by atoms with Gasteiger partial charge in [-0.15, -0.1) is 0 Å². The molecular weight excluding hydrogens is 352 g/mol. The molecule has 0 saturated heterocycles. The van der Waals surface area contributed by atoms with Gasteiger partial charge >= 0.3 is 0 Å². The van der Waals surface area contributed by atoms with Crippen LogP contribution < -0.4 is 10.4 Å². The smallest absolute Gasteiger partial charge is 0.261 e. The lowest BCUT2D eigenvalue weighted by Gasteiger charge is -2.42. The van der Waals surface area contributed by atoms with Crippen molar-refractivity contribution in [2.45, 2.75) is 39.1 Å². The number of methoxy groups -OCH3 is 1. The fraction of sp³-hybridized carbons (Fsp3) is 0.318. The zero-order chi connectivity index (χ0) is 21.1. The van der Waals surface area contributed by atoms with Gasteiger partial charge in [-0.05, 0) is 15.4 Å². The molecule has 27 heavy (non-hydrogen) atoms. The SMILES string of the molecule is [2H]C([2H])(O[Si](c1ccccc1)(c1ccccc1)C(C)(C)C)c1cn(COC)cn1. The lowest BCUT2D eigenvalue weighted by molar-refractivity contribution is 0.131. The summed E-state index contributed by atoms with van der Waals surface area (Å²) in [6.45, 7) is 4.61. The van der Waals surface area contributed by atoms with E-state index in [9.17, 15) is 0 Å². The molecule has 5 heteroatoms. The van der Waals surface area contributed by atoms with E-state index in [1.54, 1.807) is 24.2 Å². The first-order valence-electron chi connectivity index (χ1n) is 10.0. The molecule has 3 rings (SSSR count). The summed E-state index contributed by atoms with van der Waals surface area (Å²) < 4.78 is 31.0. The van der Waals surface area contributed by atoms with Crippen molar-refractivity contribution in [1.29, 1.82) is 0 Å². The molecule has 0 unspecified atom stereocenters. The van der Waals surface area contributed by atoms with Crippen LogP contribution in [0.25, 0.3) is 0 Å². The van der Waals surface area contributed by atoms with Crippen LogP contribution in [0.4, 0.5) is 0 Å². The van der Waals surface area contributed by atoms with Gasteiger partial charge in [0, 0.05) is 13.3 Å². The van der Waals surface area contributed by atoms with Gasteiger partial charge in [-0.2, -0.15) is 0 Å². The van der Waals surface area contributed by atoms with E-state index in [0.29, 0.717) is 6.73 Å². The van der Waals surface area contributed by atoms with E-state index >= 15 is 0 Å². The number of hydrogen-bond acceptors (Lipinski definition) is 3. The third-order valence-electron chi connectivity index (χ3n) is 4.64. The Morgan fingerprint density at radius 2 is 1.56 bits per heavy atom. The average Bonchev–Trinajstić information content (AvgIpc) is 3.17. The maximum Gasteiger partial charge on any atom is 0.261 e. The fourth-order valence-electron chi connectivity index (χ4n) is 3.41. The van der Waals surface area contributed by atoms with E-state index in [2.05, 4.69) is 25.8 Å². The minimum absolute atomic E-state index is 0.238. The Bertz CT molecular complexity index is 885. The minimum atomic E-state index is -3.03. The second-order valence-electron chi connectivity index (χ2n) is 7.56. The van der Waals surface area contributed by atoms with E-state index in [1.165, 1.54) is 0 Å². The molecule has 0 aliphatic rings. The molecule has 0 radical (unpaired) electrons. The summed E-state index contributed by atoms with van der Waals surface area (Å²) in [5, 5.41) is 1.73. The van der Waals surface area contributed by atoms with Crippen molar-refractivity contribution >= 4 is 18.7 Å². The van der Waals surface area contributed by atoms with Crippen molar-refractivity contribution in [3.8, 4) is 0 Å². The highest BCUT2D eigenvalue weighted by molar-refractivity contribution is 6.99. The predicted octanol–water partition coefficient (Wildman–Crippen LogP) is 3.56. The van der Waals surface area contributed by atoms with Crippen LogP contribution in [0.2, 0.25) is 5.04 Å². The van der Waals surface area contributed by atoms with Crippen molar-refractivity contribution in [3.63, 3.8) is 0 Å². The molecule has 1 aromatic heterocycles. The maximum absolute atomic E-state index is 8.81. The maximum atomic E-state index is 8.81. The third kappa shape index (κ3) is 4.05. The van der Waals surface area contributed by atoms with E-state index in [0.717, 1.165) is 10.4 Å². The van der Waals surface area contributed by atoms with Gasteiger partial charge in [-0.25, -0.2) is 4.98 Å². The van der Waals surface area contributed by atoms with Gasteiger partial charge in [-0.1, -0.05) is 81.4 Å². The van der Waals surface area contributed by atoms with Crippen molar-refractivity contribution in [2.24, 2.45) is 0 Å². The summed E-state index contributed by atoms with van der Waals surface area (Å²) in [4.78, 5) is 4.27. The standard InChI is InChI=1S/C22H28N2O2Si/c1-22(2,3)27(20-11-7-5-8-12-20,21-13-9-6-10-14-21)26-16-19-15-24(17-23-19)18-25-4/h5-15,17H,16,18H2,1-4H3/i16D2. The highest BCUT2D eigenvalue weighted by Gasteiger charge is 2.50. The normalized spacial score (nSPS) is 13.9. The molecule has 0 N–H and O–H groups in total. The summed E-state index contributed by atoms with van der Waals surface area (Å²) in [5.74, 6) is 0.